The zero-order valence-electron chi connectivity index (χ0n) is 15.8. The van der Waals surface area contributed by atoms with Crippen molar-refractivity contribution in [3.8, 4) is 0 Å². The highest BCUT2D eigenvalue weighted by Crippen LogP contribution is 2.33. The van der Waals surface area contributed by atoms with Gasteiger partial charge in [0.25, 0.3) is 5.91 Å². The van der Waals surface area contributed by atoms with Crippen molar-refractivity contribution in [2.45, 2.75) is 12.6 Å². The number of rotatable bonds is 6. The van der Waals surface area contributed by atoms with E-state index in [0.29, 0.717) is 0 Å². The molecule has 0 bridgehead atoms. The lowest BCUT2D eigenvalue weighted by Gasteiger charge is -2.18. The number of halogens is 3. The smallest absolute Gasteiger partial charge is 0.416 e. The molecule has 2 rings (SSSR count). The molecule has 8 nitrogen and oxygen atoms in total. The molecule has 1 saturated heterocycles. The van der Waals surface area contributed by atoms with Gasteiger partial charge in [0.05, 0.1) is 18.0 Å². The first-order valence-corrected chi connectivity index (χ1v) is 8.61. The van der Waals surface area contributed by atoms with E-state index in [1.807, 2.05) is 0 Å². The number of nitrogens with zero attached hydrogens (tertiary/aromatic N) is 2. The number of anilines is 1. The van der Waals surface area contributed by atoms with Crippen molar-refractivity contribution in [2.24, 2.45) is 5.92 Å². The van der Waals surface area contributed by atoms with E-state index in [4.69, 9.17) is 4.74 Å². The summed E-state index contributed by atoms with van der Waals surface area (Å²) in [7, 11) is 2.77. The van der Waals surface area contributed by atoms with E-state index in [9.17, 15) is 32.3 Å². The van der Waals surface area contributed by atoms with Gasteiger partial charge < -0.3 is 19.9 Å². The molecule has 0 saturated carbocycles. The first kappa shape index (κ1) is 22.2. The Morgan fingerprint density at radius 3 is 2.62 bits per heavy atom. The number of carbonyl (C=O) groups excluding carboxylic acids is 4. The van der Waals surface area contributed by atoms with Crippen LogP contribution in [-0.4, -0.2) is 62.4 Å². The van der Waals surface area contributed by atoms with Crippen LogP contribution in [-0.2, 0) is 30.1 Å². The summed E-state index contributed by atoms with van der Waals surface area (Å²) in [5, 5.41) is 2.34. The van der Waals surface area contributed by atoms with Crippen LogP contribution >= 0.6 is 0 Å². The minimum atomic E-state index is -4.56. The van der Waals surface area contributed by atoms with Gasteiger partial charge in [0, 0.05) is 32.7 Å². The van der Waals surface area contributed by atoms with Gasteiger partial charge in [0.1, 0.15) is 0 Å². The Hall–Kier alpha value is -3.11. The number of ether oxygens (including phenoxy) is 1. The third-order valence-electron chi connectivity index (χ3n) is 4.37. The van der Waals surface area contributed by atoms with Crippen molar-refractivity contribution in [2.75, 3.05) is 38.7 Å². The van der Waals surface area contributed by atoms with Crippen LogP contribution in [0.3, 0.4) is 0 Å². The van der Waals surface area contributed by atoms with Crippen molar-refractivity contribution in [3.63, 3.8) is 0 Å². The SMILES string of the molecule is CNC(=O)CN(C)C(=O)COC(=O)[C@@H]1CC(=O)N(c2cccc(C(F)(F)F)c2)C1. The van der Waals surface area contributed by atoms with Gasteiger partial charge in [-0.3, -0.25) is 19.2 Å². The fourth-order valence-electron chi connectivity index (χ4n) is 2.71. The Morgan fingerprint density at radius 2 is 2.00 bits per heavy atom. The van der Waals surface area contributed by atoms with Gasteiger partial charge in [-0.15, -0.1) is 0 Å². The Balaban J connectivity index is 1.95. The minimum Gasteiger partial charge on any atom is -0.455 e. The molecule has 1 atom stereocenters. The van der Waals surface area contributed by atoms with E-state index in [1.54, 1.807) is 0 Å². The largest absolute Gasteiger partial charge is 0.455 e. The first-order valence-electron chi connectivity index (χ1n) is 8.61. The molecule has 1 aromatic carbocycles. The lowest BCUT2D eigenvalue weighted by atomic mass is 10.1. The molecule has 1 heterocycles. The van der Waals surface area contributed by atoms with Crippen LogP contribution in [0.5, 0.6) is 0 Å². The van der Waals surface area contributed by atoms with Crippen molar-refractivity contribution >= 4 is 29.4 Å². The quantitative estimate of drug-likeness (QED) is 0.694. The van der Waals surface area contributed by atoms with E-state index in [0.717, 1.165) is 21.9 Å². The van der Waals surface area contributed by atoms with Gasteiger partial charge in [-0.2, -0.15) is 13.2 Å². The van der Waals surface area contributed by atoms with Crippen LogP contribution in [0.1, 0.15) is 12.0 Å². The molecule has 1 aromatic rings. The molecular formula is C18H20F3N3O5. The fourth-order valence-corrected chi connectivity index (χ4v) is 2.71. The number of carbonyl (C=O) groups is 4. The number of hydrogen-bond donors (Lipinski definition) is 1. The lowest BCUT2D eigenvalue weighted by molar-refractivity contribution is -0.155. The molecule has 0 unspecified atom stereocenters. The molecule has 1 aliphatic rings. The van der Waals surface area contributed by atoms with Crippen molar-refractivity contribution in [1.82, 2.24) is 10.2 Å². The molecule has 1 aliphatic heterocycles. The Kier molecular flexibility index (Phi) is 6.83. The molecule has 11 heteroatoms. The summed E-state index contributed by atoms with van der Waals surface area (Å²) in [6.45, 7) is -0.972. The maximum atomic E-state index is 12.9. The standard InChI is InChI=1S/C18H20F3N3O5/c1-22-14(25)9-23(2)16(27)10-29-17(28)11-6-15(26)24(8-11)13-5-3-4-12(7-13)18(19,20)21/h3-5,7,11H,6,8-10H2,1-2H3,(H,22,25)/t11-/m1/s1. The summed E-state index contributed by atoms with van der Waals surface area (Å²) in [6.07, 6.45) is -4.80. The zero-order chi connectivity index (χ0) is 21.8. The zero-order valence-corrected chi connectivity index (χ0v) is 15.8. The number of alkyl halides is 3. The molecule has 1 N–H and O–H groups in total. The van der Waals surface area contributed by atoms with E-state index < -0.39 is 48.0 Å². The Labute approximate surface area is 164 Å². The van der Waals surface area contributed by atoms with Crippen LogP contribution in [0.15, 0.2) is 24.3 Å². The first-order chi connectivity index (χ1) is 13.5. The summed E-state index contributed by atoms with van der Waals surface area (Å²) in [5.74, 6) is -3.25. The number of hydrogen-bond acceptors (Lipinski definition) is 5. The van der Waals surface area contributed by atoms with Gasteiger partial charge in [0.15, 0.2) is 6.61 Å². The summed E-state index contributed by atoms with van der Waals surface area (Å²) >= 11 is 0. The Bertz CT molecular complexity index is 812. The average molecular weight is 415 g/mol. The second-order valence-electron chi connectivity index (χ2n) is 6.48. The van der Waals surface area contributed by atoms with Gasteiger partial charge in [-0.05, 0) is 18.2 Å². The number of likely N-dealkylation sites (N-methyl/N-ethyl adjacent to an activating group) is 2. The van der Waals surface area contributed by atoms with Gasteiger partial charge in [0.2, 0.25) is 11.8 Å². The minimum absolute atomic E-state index is 0.0292. The van der Waals surface area contributed by atoms with Crippen molar-refractivity contribution < 1.29 is 37.1 Å². The maximum Gasteiger partial charge on any atom is 0.416 e. The molecule has 29 heavy (non-hydrogen) atoms. The summed E-state index contributed by atoms with van der Waals surface area (Å²) in [4.78, 5) is 49.6. The summed E-state index contributed by atoms with van der Waals surface area (Å²) in [5.41, 5.74) is -0.875. The predicted molar refractivity (Wildman–Crippen MR) is 94.6 cm³/mol. The van der Waals surface area contributed by atoms with Crippen LogP contribution < -0.4 is 10.2 Å². The second kappa shape index (κ2) is 8.93. The van der Waals surface area contributed by atoms with E-state index >= 15 is 0 Å². The summed E-state index contributed by atoms with van der Waals surface area (Å²) in [6, 6.07) is 4.25. The van der Waals surface area contributed by atoms with Gasteiger partial charge in [-0.25, -0.2) is 0 Å². The molecule has 0 aliphatic carbocycles. The number of benzene rings is 1. The van der Waals surface area contributed by atoms with Crippen LogP contribution in [0.25, 0.3) is 0 Å². The van der Waals surface area contributed by atoms with Gasteiger partial charge >= 0.3 is 12.1 Å². The molecular weight excluding hydrogens is 395 g/mol. The third kappa shape index (κ3) is 5.69. The van der Waals surface area contributed by atoms with Crippen molar-refractivity contribution in [1.29, 1.82) is 0 Å². The highest BCUT2D eigenvalue weighted by Gasteiger charge is 2.38. The molecule has 0 aromatic heterocycles. The van der Waals surface area contributed by atoms with Crippen LogP contribution in [0.4, 0.5) is 18.9 Å². The number of esters is 1. The number of amides is 3. The van der Waals surface area contributed by atoms with Crippen molar-refractivity contribution in [3.05, 3.63) is 29.8 Å². The van der Waals surface area contributed by atoms with E-state index in [1.165, 1.54) is 26.2 Å². The lowest BCUT2D eigenvalue weighted by Crippen LogP contribution is -2.39. The predicted octanol–water partition coefficient (Wildman–Crippen LogP) is 0.806. The van der Waals surface area contributed by atoms with Crippen LogP contribution in [0, 0.1) is 5.92 Å². The Morgan fingerprint density at radius 1 is 1.31 bits per heavy atom. The molecule has 0 radical (unpaired) electrons. The highest BCUT2D eigenvalue weighted by atomic mass is 19.4. The molecule has 158 valence electrons. The van der Waals surface area contributed by atoms with Crippen LogP contribution in [0.2, 0.25) is 0 Å². The molecule has 1 fully saturated rings. The third-order valence-corrected chi connectivity index (χ3v) is 4.37. The highest BCUT2D eigenvalue weighted by molar-refractivity contribution is 5.99. The maximum absolute atomic E-state index is 12.9. The second-order valence-corrected chi connectivity index (χ2v) is 6.48. The van der Waals surface area contributed by atoms with E-state index in [2.05, 4.69) is 5.32 Å². The molecule has 0 spiro atoms. The topological polar surface area (TPSA) is 96.0 Å². The summed E-state index contributed by atoms with van der Waals surface area (Å²) < 4.78 is 43.5. The molecule has 3 amide bonds. The fraction of sp³-hybridized carbons (Fsp3) is 0.444. The monoisotopic (exact) mass is 415 g/mol. The van der Waals surface area contributed by atoms with Gasteiger partial charge in [-0.1, -0.05) is 6.07 Å². The number of nitrogens with one attached hydrogen (secondary N) is 1. The average Bonchev–Trinajstić information content (AvgIpc) is 3.06. The normalized spacial score (nSPS) is 16.5. The van der Waals surface area contributed by atoms with E-state index in [-0.39, 0.29) is 25.2 Å².